The predicted molar refractivity (Wildman–Crippen MR) is 401 cm³/mol. The molecule has 1 fully saturated rings. The molecule has 104 heavy (non-hydrogen) atoms. The largest absolute Gasteiger partial charge is 0.497 e. The second-order valence-corrected chi connectivity index (χ2v) is 23.7. The molecule has 1 saturated carbocycles. The van der Waals surface area contributed by atoms with E-state index in [1.807, 2.05) is 233 Å². The summed E-state index contributed by atoms with van der Waals surface area (Å²) in [6.07, 6.45) is 6.29. The van der Waals surface area contributed by atoms with E-state index in [0.29, 0.717) is 53.2 Å². The van der Waals surface area contributed by atoms with Gasteiger partial charge >= 0.3 is 0 Å². The number of methoxy groups -OCH3 is 3. The molecule has 8 aromatic carbocycles. The Morgan fingerprint density at radius 2 is 0.740 bits per heavy atom. The van der Waals surface area contributed by atoms with Crippen molar-refractivity contribution in [3.63, 3.8) is 0 Å². The van der Waals surface area contributed by atoms with Crippen LogP contribution in [-0.4, -0.2) is 120 Å². The summed E-state index contributed by atoms with van der Waals surface area (Å²) in [5.41, 5.74) is 23.9. The van der Waals surface area contributed by atoms with Crippen molar-refractivity contribution in [1.29, 1.82) is 0 Å². The zero-order valence-electron chi connectivity index (χ0n) is 57.7. The van der Waals surface area contributed by atoms with Crippen molar-refractivity contribution in [2.24, 2.45) is 0 Å². The highest BCUT2D eigenvalue weighted by Crippen LogP contribution is 2.41. The number of para-hydroxylation sites is 8. The third kappa shape index (κ3) is 15.2. The Balaban J connectivity index is 0.000000117. The van der Waals surface area contributed by atoms with Crippen LogP contribution in [0.3, 0.4) is 0 Å². The second kappa shape index (κ2) is 30.2. The summed E-state index contributed by atoms with van der Waals surface area (Å²) in [5.74, 6) is 10.5. The van der Waals surface area contributed by atoms with Crippen LogP contribution in [0.1, 0.15) is 54.5 Å². The molecular formula is C75H70N26O3. The molecule has 8 heterocycles. The van der Waals surface area contributed by atoms with Crippen LogP contribution in [0.2, 0.25) is 0 Å². The van der Waals surface area contributed by atoms with Crippen molar-refractivity contribution in [1.82, 2.24) is 98.5 Å². The topological polar surface area (TPSA) is 354 Å². The number of nitrogens with one attached hydrogen (secondary N) is 4. The molecule has 518 valence electrons. The minimum atomic E-state index is 0.128. The molecule has 0 unspecified atom stereocenters. The number of aryl methyl sites for hydroxylation is 4. The van der Waals surface area contributed by atoms with E-state index < -0.39 is 0 Å². The average molecular weight is 1380 g/mol. The third-order valence-corrected chi connectivity index (χ3v) is 16.5. The molecule has 29 heteroatoms. The van der Waals surface area contributed by atoms with Crippen molar-refractivity contribution in [2.75, 3.05) is 54.1 Å². The number of rotatable bonds is 17. The molecule has 0 saturated heterocycles. The standard InChI is InChI=1S/C20H18N6O.C19H18N6O.C18H17N7O.C18H17N7/c1-27-15-10-8-14(9-11-15)22-18-12-21-25-20(24-18)26-17-5-3-2-4-16(17)23-19(26)13-6-7-13;1-3-18-22-15-6-4-5-7-16(15)25(18)19-23-17(12-20-24-19)21-13-8-10-14(26-2)11-9-13;1-11-20-14-5-3-4-6-15(14)25(11)18-23-16(19)22-17(24-18)21-12-7-9-13(26-2)10-8-12;1-11-7-9-13(10-8-11)21-17-22-16(19)23-18(24-17)25-12(2)20-14-5-3-4-6-15(14)25/h2-5,8-13H,6-7H2,1H3,(H,22,24,25);4-12H,3H2,1-2H3,(H,21,23,24);3-10H,1-2H3,(H3,19,21,22,23,24);3-10H,1-2H3,(H3,19,21,22,23,24). The lowest BCUT2D eigenvalue weighted by atomic mass is 10.2. The monoisotopic (exact) mass is 1380 g/mol. The minimum absolute atomic E-state index is 0.128. The van der Waals surface area contributed by atoms with Crippen LogP contribution in [0.5, 0.6) is 17.2 Å². The van der Waals surface area contributed by atoms with Gasteiger partial charge in [0.2, 0.25) is 35.7 Å². The first kappa shape index (κ1) is 67.1. The maximum absolute atomic E-state index is 5.90. The van der Waals surface area contributed by atoms with Crippen molar-refractivity contribution in [2.45, 2.75) is 52.9 Å². The molecule has 8 N–H and O–H groups in total. The highest BCUT2D eigenvalue weighted by molar-refractivity contribution is 5.81. The van der Waals surface area contributed by atoms with Gasteiger partial charge in [-0.05, 0) is 167 Å². The van der Waals surface area contributed by atoms with Crippen LogP contribution in [0.4, 0.5) is 58.2 Å². The highest BCUT2D eigenvalue weighted by Gasteiger charge is 2.31. The Hall–Kier alpha value is -14.1. The minimum Gasteiger partial charge on any atom is -0.497 e. The summed E-state index contributed by atoms with van der Waals surface area (Å²) in [7, 11) is 4.92. The number of hydrogen-bond donors (Lipinski definition) is 6. The van der Waals surface area contributed by atoms with Gasteiger partial charge in [-0.25, -0.2) is 19.9 Å². The van der Waals surface area contributed by atoms with Crippen LogP contribution >= 0.6 is 0 Å². The maximum atomic E-state index is 5.90. The number of anilines is 10. The molecule has 0 bridgehead atoms. The zero-order chi connectivity index (χ0) is 71.6. The number of aromatic nitrogens is 20. The molecular weight excluding hydrogens is 1310 g/mol. The number of nitrogens with zero attached hydrogens (tertiary/aromatic N) is 20. The lowest BCUT2D eigenvalue weighted by Gasteiger charge is -2.09. The van der Waals surface area contributed by atoms with Gasteiger partial charge in [-0.15, -0.1) is 10.2 Å². The summed E-state index contributed by atoms with van der Waals surface area (Å²) in [4.78, 5) is 53.8. The molecule has 0 amide bonds. The summed E-state index contributed by atoms with van der Waals surface area (Å²) in [5, 5.41) is 29.5. The van der Waals surface area contributed by atoms with Gasteiger partial charge in [0.1, 0.15) is 40.5 Å². The smallest absolute Gasteiger partial charge is 0.257 e. The lowest BCUT2D eigenvalue weighted by molar-refractivity contribution is 0.415. The Labute approximate surface area is 595 Å². The molecule has 0 spiro atoms. The Morgan fingerprint density at radius 3 is 1.15 bits per heavy atom. The summed E-state index contributed by atoms with van der Waals surface area (Å²) in [6, 6.07) is 62.3. The number of nitrogens with two attached hydrogens (primary N) is 2. The molecule has 1 aliphatic rings. The highest BCUT2D eigenvalue weighted by atomic mass is 16.5. The van der Waals surface area contributed by atoms with Crippen molar-refractivity contribution < 1.29 is 14.2 Å². The number of benzene rings is 8. The van der Waals surface area contributed by atoms with Gasteiger partial charge in [-0.2, -0.15) is 50.1 Å². The van der Waals surface area contributed by atoms with Gasteiger partial charge in [-0.1, -0.05) is 73.2 Å². The fraction of sp³-hybridized carbons (Fsp3) is 0.147. The van der Waals surface area contributed by atoms with Crippen molar-refractivity contribution in [3.8, 4) is 41.0 Å². The zero-order valence-corrected chi connectivity index (χ0v) is 57.7. The predicted octanol–water partition coefficient (Wildman–Crippen LogP) is 13.4. The lowest BCUT2D eigenvalue weighted by Crippen LogP contribution is -2.10. The van der Waals surface area contributed by atoms with Crippen LogP contribution in [0, 0.1) is 20.8 Å². The Morgan fingerprint density at radius 1 is 0.375 bits per heavy atom. The maximum Gasteiger partial charge on any atom is 0.257 e. The van der Waals surface area contributed by atoms with Gasteiger partial charge < -0.3 is 46.9 Å². The summed E-state index contributed by atoms with van der Waals surface area (Å²) < 4.78 is 23.2. The van der Waals surface area contributed by atoms with Crippen LogP contribution in [0.25, 0.3) is 67.9 Å². The van der Waals surface area contributed by atoms with E-state index in [4.69, 9.17) is 30.7 Å². The molecule has 16 aromatic rings. The van der Waals surface area contributed by atoms with Gasteiger partial charge in [0.25, 0.3) is 11.9 Å². The first-order valence-electron chi connectivity index (χ1n) is 33.2. The van der Waals surface area contributed by atoms with Crippen LogP contribution in [0.15, 0.2) is 207 Å². The summed E-state index contributed by atoms with van der Waals surface area (Å²) in [6.45, 7) is 7.91. The van der Waals surface area contributed by atoms with E-state index in [-0.39, 0.29) is 11.9 Å². The van der Waals surface area contributed by atoms with Crippen molar-refractivity contribution in [3.05, 3.63) is 235 Å². The Kier molecular flexibility index (Phi) is 19.4. The fourth-order valence-corrected chi connectivity index (χ4v) is 11.4. The first-order valence-corrected chi connectivity index (χ1v) is 33.2. The molecule has 1 aliphatic carbocycles. The molecule has 0 radical (unpaired) electrons. The molecule has 29 nitrogen and oxygen atoms in total. The van der Waals surface area contributed by atoms with E-state index >= 15 is 0 Å². The second-order valence-electron chi connectivity index (χ2n) is 23.7. The number of ether oxygens (including phenoxy) is 3. The van der Waals surface area contributed by atoms with E-state index in [0.717, 1.165) is 127 Å². The van der Waals surface area contributed by atoms with Gasteiger partial charge in [0, 0.05) is 35.1 Å². The Bertz CT molecular complexity index is 5660. The van der Waals surface area contributed by atoms with Gasteiger partial charge in [0.05, 0.1) is 77.9 Å². The first-order chi connectivity index (χ1) is 50.8. The number of imidazole rings is 4. The fourth-order valence-electron chi connectivity index (χ4n) is 11.4. The van der Waals surface area contributed by atoms with Gasteiger partial charge in [0.15, 0.2) is 11.6 Å². The SMILES string of the molecule is CCc1nc2ccccc2n1-c1nncc(Nc2ccc(OC)cc2)n1.COc1ccc(Nc2cnnc(-n3c(C4CC4)nc4ccccc43)n2)cc1.COc1ccc(Nc2nc(N)nc(-n3c(C)nc4ccccc43)n2)cc1.Cc1ccc(Nc2nc(N)nc(-n3c(C)nc4ccccc43)n2)cc1. The number of hydrogen-bond acceptors (Lipinski definition) is 25. The quantitative estimate of drug-likeness (QED) is 0.0493. The molecule has 0 atom stereocenters. The van der Waals surface area contributed by atoms with Crippen molar-refractivity contribution >= 4 is 102 Å². The van der Waals surface area contributed by atoms with E-state index in [1.165, 1.54) is 5.56 Å². The number of nitrogen functional groups attached to an aromatic ring is 2. The normalized spacial score (nSPS) is 11.6. The molecule has 8 aromatic heterocycles. The van der Waals surface area contributed by atoms with E-state index in [9.17, 15) is 0 Å². The van der Waals surface area contributed by atoms with Gasteiger partial charge in [-0.3, -0.25) is 18.3 Å². The average Bonchev–Trinajstić information content (AvgIpc) is 1.63. The van der Waals surface area contributed by atoms with E-state index in [1.54, 1.807) is 33.7 Å². The third-order valence-electron chi connectivity index (χ3n) is 16.5. The number of fused-ring (bicyclic) bond motifs is 4. The molecule has 17 rings (SSSR count). The van der Waals surface area contributed by atoms with E-state index in [2.05, 4.69) is 103 Å². The summed E-state index contributed by atoms with van der Waals surface area (Å²) >= 11 is 0. The molecule has 0 aliphatic heterocycles. The van der Waals surface area contributed by atoms with Crippen LogP contribution in [-0.2, 0) is 6.42 Å². The van der Waals surface area contributed by atoms with Crippen LogP contribution < -0.4 is 46.9 Å².